The molecule has 0 aromatic heterocycles. The lowest BCUT2D eigenvalue weighted by Crippen LogP contribution is -2.42. The summed E-state index contributed by atoms with van der Waals surface area (Å²) in [6.45, 7) is 14.9. The van der Waals surface area contributed by atoms with Crippen molar-refractivity contribution in [3.05, 3.63) is 0 Å². The van der Waals surface area contributed by atoms with Gasteiger partial charge >= 0.3 is 5.97 Å². The van der Waals surface area contributed by atoms with Gasteiger partial charge in [-0.25, -0.2) is 4.79 Å². The fourth-order valence-corrected chi connectivity index (χ4v) is 2.44. The Morgan fingerprint density at radius 2 is 1.77 bits per heavy atom. The maximum atomic E-state index is 11.8. The van der Waals surface area contributed by atoms with Crippen LogP contribution in [0, 0.1) is 17.4 Å². The molecule has 0 aromatic rings. The molecule has 0 heterocycles. The van der Waals surface area contributed by atoms with Crippen molar-refractivity contribution in [1.29, 1.82) is 0 Å². The van der Waals surface area contributed by atoms with E-state index in [2.05, 4.69) is 50.6 Å². The van der Waals surface area contributed by atoms with E-state index in [0.29, 0.717) is 12.8 Å². The normalized spacial score (nSPS) is 13.1. The van der Waals surface area contributed by atoms with Crippen molar-refractivity contribution in [2.75, 3.05) is 7.11 Å². The summed E-state index contributed by atoms with van der Waals surface area (Å²) in [4.78, 5) is 23.6. The predicted molar refractivity (Wildman–Crippen MR) is 93.0 cm³/mol. The first-order chi connectivity index (χ1) is 9.90. The molecule has 5 heteroatoms. The molecular weight excluding hydrogens is 294 g/mol. The van der Waals surface area contributed by atoms with E-state index >= 15 is 0 Å². The Balaban J connectivity index is 4.91. The second kappa shape index (κ2) is 8.38. The number of nitrogens with one attached hydrogen (secondary N) is 1. The van der Waals surface area contributed by atoms with Crippen LogP contribution in [0.5, 0.6) is 0 Å². The Hall–Kier alpha value is -1.28. The Morgan fingerprint density at radius 3 is 2.18 bits per heavy atom. The second-order valence-electron chi connectivity index (χ2n) is 7.62. The topological polar surface area (TPSA) is 55.4 Å². The van der Waals surface area contributed by atoms with Gasteiger partial charge in [-0.2, -0.15) is 0 Å². The van der Waals surface area contributed by atoms with Crippen LogP contribution in [0.2, 0.25) is 18.1 Å². The summed E-state index contributed by atoms with van der Waals surface area (Å²) in [5, 5.41) is 2.89. The summed E-state index contributed by atoms with van der Waals surface area (Å²) in [6, 6.07) is -0.687. The van der Waals surface area contributed by atoms with E-state index in [9.17, 15) is 9.59 Å². The number of carbonyl (C=O) groups excluding carboxylic acids is 2. The highest BCUT2D eigenvalue weighted by atomic mass is 28.3. The van der Waals surface area contributed by atoms with Gasteiger partial charge in [-0.15, -0.1) is 11.5 Å². The van der Waals surface area contributed by atoms with Gasteiger partial charge in [-0.1, -0.05) is 47.7 Å². The van der Waals surface area contributed by atoms with Crippen LogP contribution in [0.1, 0.15) is 47.5 Å². The predicted octanol–water partition coefficient (Wildman–Crippen LogP) is 3.13. The van der Waals surface area contributed by atoms with Crippen molar-refractivity contribution >= 4 is 20.0 Å². The number of methoxy groups -OCH3 is 1. The molecule has 0 radical (unpaired) electrons. The summed E-state index contributed by atoms with van der Waals surface area (Å²) in [6.07, 6.45) is 0.687. The maximum absolute atomic E-state index is 11.8. The summed E-state index contributed by atoms with van der Waals surface area (Å²) in [7, 11) is -0.384. The van der Waals surface area contributed by atoms with Crippen molar-refractivity contribution in [3.8, 4) is 11.5 Å². The van der Waals surface area contributed by atoms with Gasteiger partial charge in [0.25, 0.3) is 0 Å². The first kappa shape index (κ1) is 20.7. The Kier molecular flexibility index (Phi) is 7.89. The van der Waals surface area contributed by atoms with E-state index in [4.69, 9.17) is 4.74 Å². The maximum Gasteiger partial charge on any atom is 0.329 e. The number of amides is 1. The fraction of sp³-hybridized carbons (Fsp3) is 0.765. The fourth-order valence-electron chi connectivity index (χ4n) is 1.52. The van der Waals surface area contributed by atoms with Crippen LogP contribution in [-0.2, 0) is 14.3 Å². The molecule has 0 spiro atoms. The monoisotopic (exact) mass is 325 g/mol. The average molecular weight is 326 g/mol. The van der Waals surface area contributed by atoms with Crippen molar-refractivity contribution in [2.45, 2.75) is 71.6 Å². The molecule has 0 aromatic carbocycles. The zero-order chi connectivity index (χ0) is 17.6. The van der Waals surface area contributed by atoms with Gasteiger partial charge in [0.05, 0.1) is 7.11 Å². The lowest BCUT2D eigenvalue weighted by atomic mass is 10.1. The highest BCUT2D eigenvalue weighted by Gasteiger charge is 2.33. The number of rotatable bonds is 5. The largest absolute Gasteiger partial charge is 0.467 e. The lowest BCUT2D eigenvalue weighted by molar-refractivity contribution is -0.145. The molecule has 1 atom stereocenters. The molecule has 4 nitrogen and oxygen atoms in total. The zero-order valence-corrected chi connectivity index (χ0v) is 16.3. The molecule has 0 rings (SSSR count). The summed E-state index contributed by atoms with van der Waals surface area (Å²) < 4.78 is 4.76. The Bertz CT molecular complexity index is 453. The molecule has 0 aliphatic rings. The minimum absolute atomic E-state index is 0.139. The van der Waals surface area contributed by atoms with Crippen molar-refractivity contribution < 1.29 is 14.3 Å². The van der Waals surface area contributed by atoms with E-state index in [1.165, 1.54) is 7.11 Å². The molecule has 1 N–H and O–H groups in total. The molecule has 22 heavy (non-hydrogen) atoms. The Labute approximate surface area is 136 Å². The first-order valence-electron chi connectivity index (χ1n) is 7.78. The standard InChI is InChI=1S/C17H31NO3Si/c1-13(2)12-15(19)18-14(16(20)21-6)10-9-11-22(7,8)17(3,4)5/h13-14H,10,12H2,1-8H3,(H,18,19)/t14-/m1/s1. The summed E-state index contributed by atoms with van der Waals surface area (Å²) >= 11 is 0. The molecular formula is C17H31NO3Si. The number of esters is 1. The lowest BCUT2D eigenvalue weighted by Gasteiger charge is -2.31. The molecule has 126 valence electrons. The van der Waals surface area contributed by atoms with Crippen molar-refractivity contribution in [3.63, 3.8) is 0 Å². The van der Waals surface area contributed by atoms with E-state index < -0.39 is 20.1 Å². The van der Waals surface area contributed by atoms with E-state index in [-0.39, 0.29) is 16.9 Å². The van der Waals surface area contributed by atoms with Gasteiger partial charge in [0.2, 0.25) is 5.91 Å². The van der Waals surface area contributed by atoms with Crippen molar-refractivity contribution in [2.24, 2.45) is 5.92 Å². The highest BCUT2D eigenvalue weighted by molar-refractivity contribution is 6.87. The number of ether oxygens (including phenoxy) is 1. The third-order valence-corrected chi connectivity index (χ3v) is 8.55. The summed E-state index contributed by atoms with van der Waals surface area (Å²) in [5.74, 6) is 2.77. The summed E-state index contributed by atoms with van der Waals surface area (Å²) in [5.41, 5.74) is 3.35. The molecule has 0 aliphatic carbocycles. The van der Waals surface area contributed by atoms with Crippen molar-refractivity contribution in [1.82, 2.24) is 5.32 Å². The SMILES string of the molecule is COC(=O)[C@@H](CC#C[Si](C)(C)C(C)(C)C)NC(=O)CC(C)C. The molecule has 0 aliphatic heterocycles. The van der Waals surface area contributed by atoms with E-state index in [1.54, 1.807) is 0 Å². The van der Waals surface area contributed by atoms with E-state index in [0.717, 1.165) is 0 Å². The van der Waals surface area contributed by atoms with Crippen LogP contribution in [0.3, 0.4) is 0 Å². The molecule has 0 saturated carbocycles. The quantitative estimate of drug-likeness (QED) is 0.480. The van der Waals surface area contributed by atoms with E-state index in [1.807, 2.05) is 13.8 Å². The molecule has 1 amide bonds. The van der Waals surface area contributed by atoms with Crippen LogP contribution >= 0.6 is 0 Å². The Morgan fingerprint density at radius 1 is 1.23 bits per heavy atom. The molecule has 0 unspecified atom stereocenters. The number of hydrogen-bond donors (Lipinski definition) is 1. The van der Waals surface area contributed by atoms with Crippen LogP contribution in [0.4, 0.5) is 0 Å². The molecule has 0 saturated heterocycles. The highest BCUT2D eigenvalue weighted by Crippen LogP contribution is 2.35. The van der Waals surface area contributed by atoms with Crippen LogP contribution < -0.4 is 5.32 Å². The number of hydrogen-bond acceptors (Lipinski definition) is 3. The van der Waals surface area contributed by atoms with Crippen LogP contribution in [0.25, 0.3) is 0 Å². The third-order valence-electron chi connectivity index (χ3n) is 4.00. The van der Waals surface area contributed by atoms with Gasteiger partial charge in [-0.05, 0) is 11.0 Å². The second-order valence-corrected chi connectivity index (χ2v) is 12.6. The molecule has 0 bridgehead atoms. The van der Waals surface area contributed by atoms with Crippen LogP contribution in [-0.4, -0.2) is 33.1 Å². The first-order valence-corrected chi connectivity index (χ1v) is 10.8. The van der Waals surface area contributed by atoms with Crippen LogP contribution in [0.15, 0.2) is 0 Å². The van der Waals surface area contributed by atoms with Gasteiger partial charge in [0.15, 0.2) is 0 Å². The zero-order valence-electron chi connectivity index (χ0n) is 15.3. The number of carbonyl (C=O) groups is 2. The smallest absolute Gasteiger partial charge is 0.329 e. The van der Waals surface area contributed by atoms with Gasteiger partial charge in [-0.3, -0.25) is 4.79 Å². The van der Waals surface area contributed by atoms with Gasteiger partial charge < -0.3 is 10.1 Å². The minimum Gasteiger partial charge on any atom is -0.467 e. The average Bonchev–Trinajstić information content (AvgIpc) is 2.34. The van der Waals surface area contributed by atoms with Gasteiger partial charge in [0.1, 0.15) is 14.1 Å². The molecule has 0 fully saturated rings. The minimum atomic E-state index is -1.71. The van der Waals surface area contributed by atoms with Gasteiger partial charge in [0, 0.05) is 12.8 Å². The third kappa shape index (κ3) is 7.12.